The number of hydrogen-bond acceptors (Lipinski definition) is 4. The summed E-state index contributed by atoms with van der Waals surface area (Å²) in [6.07, 6.45) is 5.93. The molecule has 0 aliphatic carbocycles. The molecule has 0 spiro atoms. The number of pyridine rings is 1. The molecule has 1 aliphatic rings. The number of nitrogens with zero attached hydrogens (tertiary/aromatic N) is 4. The minimum absolute atomic E-state index is 0.0645. The fourth-order valence-corrected chi connectivity index (χ4v) is 3.08. The summed E-state index contributed by atoms with van der Waals surface area (Å²) in [6, 6.07) is 3.75. The molecule has 0 bridgehead atoms. The molecule has 1 saturated heterocycles. The second kappa shape index (κ2) is 7.77. The fraction of sp³-hybridized carbons (Fsp3) is 0.556. The first-order valence-corrected chi connectivity index (χ1v) is 8.64. The summed E-state index contributed by atoms with van der Waals surface area (Å²) in [5.41, 5.74) is 2.53. The molecular formula is C18H26N4O2. The van der Waals surface area contributed by atoms with Crippen LogP contribution in [0.5, 0.6) is 0 Å². The molecule has 130 valence electrons. The topological polar surface area (TPSA) is 50.1 Å². The number of fused-ring (bicyclic) bond motifs is 1. The lowest BCUT2D eigenvalue weighted by Crippen LogP contribution is -2.37. The molecule has 1 fully saturated rings. The van der Waals surface area contributed by atoms with Gasteiger partial charge < -0.3 is 14.0 Å². The van der Waals surface area contributed by atoms with E-state index in [0.29, 0.717) is 5.56 Å². The SMILES string of the molecule is Cc1cn2cc(C(=O)N(C)CCCCN3CCOCC3)ccc2n1. The highest BCUT2D eigenvalue weighted by Gasteiger charge is 2.13. The van der Waals surface area contributed by atoms with E-state index in [1.54, 1.807) is 0 Å². The van der Waals surface area contributed by atoms with Gasteiger partial charge in [-0.1, -0.05) is 0 Å². The van der Waals surface area contributed by atoms with Gasteiger partial charge in [0.1, 0.15) is 5.65 Å². The molecule has 0 aromatic carbocycles. The van der Waals surface area contributed by atoms with Crippen molar-refractivity contribution in [2.45, 2.75) is 19.8 Å². The predicted molar refractivity (Wildman–Crippen MR) is 93.4 cm³/mol. The molecular weight excluding hydrogens is 304 g/mol. The predicted octanol–water partition coefficient (Wildman–Crippen LogP) is 1.83. The van der Waals surface area contributed by atoms with Crippen molar-refractivity contribution in [1.29, 1.82) is 0 Å². The molecule has 3 rings (SSSR count). The van der Waals surface area contributed by atoms with Crippen LogP contribution in [-0.2, 0) is 4.74 Å². The number of hydrogen-bond donors (Lipinski definition) is 0. The third-order valence-corrected chi connectivity index (χ3v) is 4.49. The number of aromatic nitrogens is 2. The molecule has 6 heteroatoms. The number of carbonyl (C=O) groups excluding carboxylic acids is 1. The van der Waals surface area contributed by atoms with E-state index in [9.17, 15) is 4.79 Å². The van der Waals surface area contributed by atoms with Crippen LogP contribution in [0.1, 0.15) is 28.9 Å². The molecule has 3 heterocycles. The number of rotatable bonds is 6. The summed E-state index contributed by atoms with van der Waals surface area (Å²) in [4.78, 5) is 21.2. The third-order valence-electron chi connectivity index (χ3n) is 4.49. The van der Waals surface area contributed by atoms with Gasteiger partial charge in [0.2, 0.25) is 0 Å². The Morgan fingerprint density at radius 3 is 2.83 bits per heavy atom. The highest BCUT2D eigenvalue weighted by atomic mass is 16.5. The van der Waals surface area contributed by atoms with Gasteiger partial charge in [0, 0.05) is 39.1 Å². The number of carbonyl (C=O) groups is 1. The standard InChI is InChI=1S/C18H26N4O2/c1-15-13-22-14-16(5-6-17(22)19-15)18(23)20(2)7-3-4-8-21-9-11-24-12-10-21/h5-6,13-14H,3-4,7-12H2,1-2H3. The highest BCUT2D eigenvalue weighted by Crippen LogP contribution is 2.10. The van der Waals surface area contributed by atoms with Crippen LogP contribution in [0.25, 0.3) is 5.65 Å². The van der Waals surface area contributed by atoms with Crippen molar-refractivity contribution < 1.29 is 9.53 Å². The molecule has 2 aromatic heterocycles. The van der Waals surface area contributed by atoms with Gasteiger partial charge in [0.15, 0.2) is 0 Å². The van der Waals surface area contributed by atoms with Gasteiger partial charge >= 0.3 is 0 Å². The fourth-order valence-electron chi connectivity index (χ4n) is 3.08. The summed E-state index contributed by atoms with van der Waals surface area (Å²) < 4.78 is 7.27. The lowest BCUT2D eigenvalue weighted by molar-refractivity contribution is 0.0369. The number of unbranched alkanes of at least 4 members (excludes halogenated alkanes) is 1. The molecule has 0 N–H and O–H groups in total. The van der Waals surface area contributed by atoms with Gasteiger partial charge in [-0.05, 0) is 38.4 Å². The number of amides is 1. The average Bonchev–Trinajstić information content (AvgIpc) is 2.98. The van der Waals surface area contributed by atoms with Gasteiger partial charge in [-0.15, -0.1) is 0 Å². The monoisotopic (exact) mass is 330 g/mol. The van der Waals surface area contributed by atoms with Crippen LogP contribution < -0.4 is 0 Å². The first-order valence-electron chi connectivity index (χ1n) is 8.64. The molecule has 0 radical (unpaired) electrons. The molecule has 0 saturated carbocycles. The van der Waals surface area contributed by atoms with Crippen molar-refractivity contribution in [3.05, 3.63) is 35.8 Å². The highest BCUT2D eigenvalue weighted by molar-refractivity contribution is 5.94. The zero-order valence-corrected chi connectivity index (χ0v) is 14.6. The summed E-state index contributed by atoms with van der Waals surface area (Å²) >= 11 is 0. The van der Waals surface area contributed by atoms with Crippen molar-refractivity contribution in [2.24, 2.45) is 0 Å². The minimum atomic E-state index is 0.0645. The quantitative estimate of drug-likeness (QED) is 0.758. The molecule has 0 unspecified atom stereocenters. The molecule has 1 aliphatic heterocycles. The van der Waals surface area contributed by atoms with E-state index in [2.05, 4.69) is 9.88 Å². The lowest BCUT2D eigenvalue weighted by Gasteiger charge is -2.26. The van der Waals surface area contributed by atoms with E-state index < -0.39 is 0 Å². The van der Waals surface area contributed by atoms with Crippen molar-refractivity contribution >= 4 is 11.6 Å². The normalized spacial score (nSPS) is 15.8. The Morgan fingerprint density at radius 2 is 2.04 bits per heavy atom. The van der Waals surface area contributed by atoms with Crippen LogP contribution in [0.15, 0.2) is 24.5 Å². The van der Waals surface area contributed by atoms with E-state index in [-0.39, 0.29) is 5.91 Å². The van der Waals surface area contributed by atoms with Crippen LogP contribution in [0.2, 0.25) is 0 Å². The van der Waals surface area contributed by atoms with Crippen LogP contribution in [0, 0.1) is 6.92 Å². The van der Waals surface area contributed by atoms with Gasteiger partial charge in [-0.25, -0.2) is 4.98 Å². The number of imidazole rings is 1. The van der Waals surface area contributed by atoms with E-state index in [4.69, 9.17) is 4.74 Å². The lowest BCUT2D eigenvalue weighted by atomic mass is 10.2. The largest absolute Gasteiger partial charge is 0.379 e. The van der Waals surface area contributed by atoms with E-state index >= 15 is 0 Å². The number of aryl methyl sites for hydroxylation is 1. The van der Waals surface area contributed by atoms with Crippen molar-refractivity contribution in [3.8, 4) is 0 Å². The molecule has 24 heavy (non-hydrogen) atoms. The van der Waals surface area contributed by atoms with Gasteiger partial charge in [-0.2, -0.15) is 0 Å². The number of ether oxygens (including phenoxy) is 1. The second-order valence-electron chi connectivity index (χ2n) is 6.45. The second-order valence-corrected chi connectivity index (χ2v) is 6.45. The zero-order valence-electron chi connectivity index (χ0n) is 14.6. The number of morpholine rings is 1. The Bertz CT molecular complexity index is 691. The Morgan fingerprint density at radius 1 is 1.25 bits per heavy atom. The first kappa shape index (κ1) is 16.9. The summed E-state index contributed by atoms with van der Waals surface area (Å²) in [7, 11) is 1.88. The maximum Gasteiger partial charge on any atom is 0.255 e. The molecule has 0 atom stereocenters. The average molecular weight is 330 g/mol. The Balaban J connectivity index is 1.48. The third kappa shape index (κ3) is 4.13. The van der Waals surface area contributed by atoms with E-state index in [1.165, 1.54) is 0 Å². The van der Waals surface area contributed by atoms with Crippen LogP contribution >= 0.6 is 0 Å². The van der Waals surface area contributed by atoms with Gasteiger partial charge in [0.05, 0.1) is 24.5 Å². The van der Waals surface area contributed by atoms with Gasteiger partial charge in [-0.3, -0.25) is 9.69 Å². The maximum absolute atomic E-state index is 12.6. The van der Waals surface area contributed by atoms with Crippen molar-refractivity contribution in [3.63, 3.8) is 0 Å². The zero-order chi connectivity index (χ0) is 16.9. The van der Waals surface area contributed by atoms with Crippen molar-refractivity contribution in [2.75, 3.05) is 46.4 Å². The molecule has 1 amide bonds. The Kier molecular flexibility index (Phi) is 5.48. The van der Waals surface area contributed by atoms with Gasteiger partial charge in [0.25, 0.3) is 5.91 Å². The Hall–Kier alpha value is -1.92. The van der Waals surface area contributed by atoms with Crippen LogP contribution in [-0.4, -0.2) is 71.5 Å². The smallest absolute Gasteiger partial charge is 0.255 e. The maximum atomic E-state index is 12.6. The molecule has 2 aromatic rings. The summed E-state index contributed by atoms with van der Waals surface area (Å²) in [5.74, 6) is 0.0645. The van der Waals surface area contributed by atoms with Crippen molar-refractivity contribution in [1.82, 2.24) is 19.2 Å². The van der Waals surface area contributed by atoms with Crippen LogP contribution in [0.4, 0.5) is 0 Å². The summed E-state index contributed by atoms with van der Waals surface area (Å²) in [5, 5.41) is 0. The van der Waals surface area contributed by atoms with E-state index in [1.807, 2.05) is 47.8 Å². The Labute approximate surface area is 143 Å². The molecule has 6 nitrogen and oxygen atoms in total. The van der Waals surface area contributed by atoms with Crippen LogP contribution in [0.3, 0.4) is 0 Å². The van der Waals surface area contributed by atoms with E-state index in [0.717, 1.165) is 63.6 Å². The first-order chi connectivity index (χ1) is 11.6. The summed E-state index contributed by atoms with van der Waals surface area (Å²) in [6.45, 7) is 7.56. The minimum Gasteiger partial charge on any atom is -0.379 e.